The van der Waals surface area contributed by atoms with Crippen molar-refractivity contribution >= 4 is 27.3 Å². The predicted molar refractivity (Wildman–Crippen MR) is 100.0 cm³/mol. The number of hydrogen-bond acceptors (Lipinski definition) is 5. The molecule has 1 aromatic heterocycles. The smallest absolute Gasteiger partial charge is 0.223 e. The van der Waals surface area contributed by atoms with Crippen LogP contribution in [0.2, 0.25) is 0 Å². The Morgan fingerprint density at radius 3 is 2.74 bits per heavy atom. The summed E-state index contributed by atoms with van der Waals surface area (Å²) < 4.78 is 30.8. The van der Waals surface area contributed by atoms with Crippen molar-refractivity contribution in [1.82, 2.24) is 5.32 Å². The van der Waals surface area contributed by atoms with Crippen LogP contribution in [0, 0.1) is 0 Å². The number of anilines is 1. The number of fused-ring (bicyclic) bond motifs is 1. The van der Waals surface area contributed by atoms with Gasteiger partial charge in [0, 0.05) is 25.6 Å². The van der Waals surface area contributed by atoms with Gasteiger partial charge in [-0.1, -0.05) is 0 Å². The number of benzene rings is 1. The zero-order valence-corrected chi connectivity index (χ0v) is 16.1. The molecule has 2 amide bonds. The fourth-order valence-electron chi connectivity index (χ4n) is 3.16. The fraction of sp³-hybridized carbons (Fsp3) is 0.368. The van der Waals surface area contributed by atoms with Gasteiger partial charge in [0.25, 0.3) is 0 Å². The third-order valence-corrected chi connectivity index (χ3v) is 6.83. The van der Waals surface area contributed by atoms with Gasteiger partial charge in [-0.15, -0.1) is 0 Å². The summed E-state index contributed by atoms with van der Waals surface area (Å²) in [5.74, 6) is 0.185. The second-order valence-corrected chi connectivity index (χ2v) is 8.99. The summed E-state index contributed by atoms with van der Waals surface area (Å²) in [5, 5.41) is 1.79. The minimum Gasteiger partial charge on any atom is -0.467 e. The lowest BCUT2D eigenvalue weighted by atomic mass is 10.2. The number of furan rings is 1. The highest BCUT2D eigenvalue weighted by atomic mass is 32.2. The molecule has 3 rings (SSSR count). The molecule has 1 atom stereocenters. The van der Waals surface area contributed by atoms with Crippen LogP contribution in [-0.2, 0) is 32.4 Å². The lowest BCUT2D eigenvalue weighted by Crippen LogP contribution is -2.29. The van der Waals surface area contributed by atoms with Crippen LogP contribution in [0.1, 0.15) is 31.6 Å². The molecule has 0 fully saturated rings. The van der Waals surface area contributed by atoms with E-state index in [9.17, 15) is 18.0 Å². The predicted octanol–water partition coefficient (Wildman–Crippen LogP) is 2.06. The van der Waals surface area contributed by atoms with Crippen molar-refractivity contribution in [3.63, 3.8) is 0 Å². The summed E-state index contributed by atoms with van der Waals surface area (Å²) in [6, 6.07) is 8.24. The van der Waals surface area contributed by atoms with Crippen LogP contribution in [0.25, 0.3) is 0 Å². The van der Waals surface area contributed by atoms with E-state index < -0.39 is 15.1 Å². The third-order valence-electron chi connectivity index (χ3n) is 4.70. The number of carbonyl (C=O) groups is 2. The van der Waals surface area contributed by atoms with Crippen LogP contribution in [0.4, 0.5) is 5.69 Å². The van der Waals surface area contributed by atoms with Gasteiger partial charge in [0.05, 0.1) is 23.0 Å². The number of nitrogens with zero attached hydrogens (tertiary/aromatic N) is 1. The molecule has 1 N–H and O–H groups in total. The first-order valence-electron chi connectivity index (χ1n) is 8.73. The lowest BCUT2D eigenvalue weighted by Gasteiger charge is -2.16. The molecule has 0 unspecified atom stereocenters. The monoisotopic (exact) mass is 390 g/mol. The highest BCUT2D eigenvalue weighted by Crippen LogP contribution is 2.31. The SMILES string of the molecule is CC(=O)N1CCc2cc(S(=O)(=O)[C@H](C)CC(=O)NCc3ccco3)ccc21. The van der Waals surface area contributed by atoms with Gasteiger partial charge in [-0.3, -0.25) is 9.59 Å². The summed E-state index contributed by atoms with van der Waals surface area (Å²) in [6.07, 6.45) is 1.99. The van der Waals surface area contributed by atoms with Gasteiger partial charge in [0.2, 0.25) is 11.8 Å². The third kappa shape index (κ3) is 4.05. The van der Waals surface area contributed by atoms with E-state index in [4.69, 9.17) is 4.42 Å². The number of amides is 2. The molecule has 0 saturated carbocycles. The summed E-state index contributed by atoms with van der Waals surface area (Å²) >= 11 is 0. The van der Waals surface area contributed by atoms with Gasteiger partial charge in [-0.25, -0.2) is 8.42 Å². The van der Waals surface area contributed by atoms with Gasteiger partial charge in [0.1, 0.15) is 5.76 Å². The number of sulfone groups is 1. The molecule has 2 heterocycles. The minimum atomic E-state index is -3.65. The normalized spacial score (nSPS) is 14.7. The molecule has 0 spiro atoms. The molecule has 2 aromatic rings. The molecule has 1 aromatic carbocycles. The Bertz CT molecular complexity index is 950. The van der Waals surface area contributed by atoms with Crippen LogP contribution < -0.4 is 10.2 Å². The number of carbonyl (C=O) groups excluding carboxylic acids is 2. The van der Waals surface area contributed by atoms with Crippen LogP contribution >= 0.6 is 0 Å². The van der Waals surface area contributed by atoms with Gasteiger partial charge < -0.3 is 14.6 Å². The zero-order chi connectivity index (χ0) is 19.6. The Hall–Kier alpha value is -2.61. The Balaban J connectivity index is 1.68. The molecular formula is C19H22N2O5S. The molecule has 1 aliphatic heterocycles. The summed E-state index contributed by atoms with van der Waals surface area (Å²) in [6.45, 7) is 3.79. The standard InChI is InChI=1S/C19H22N2O5S/c1-13(10-19(23)20-12-16-4-3-9-26-16)27(24,25)17-5-6-18-15(11-17)7-8-21(18)14(2)22/h3-6,9,11,13H,7-8,10,12H2,1-2H3,(H,20,23)/t13-/m1/s1. The van der Waals surface area contributed by atoms with Crippen molar-refractivity contribution in [3.8, 4) is 0 Å². The molecule has 0 saturated heterocycles. The number of rotatable bonds is 6. The van der Waals surface area contributed by atoms with Crippen molar-refractivity contribution in [2.24, 2.45) is 0 Å². The highest BCUT2D eigenvalue weighted by Gasteiger charge is 2.29. The van der Waals surface area contributed by atoms with E-state index in [1.165, 1.54) is 26.2 Å². The van der Waals surface area contributed by atoms with Gasteiger partial charge >= 0.3 is 0 Å². The molecule has 1 aliphatic rings. The molecule has 27 heavy (non-hydrogen) atoms. The molecule has 0 radical (unpaired) electrons. The molecular weight excluding hydrogens is 368 g/mol. The summed E-state index contributed by atoms with van der Waals surface area (Å²) in [7, 11) is -3.65. The Morgan fingerprint density at radius 1 is 1.30 bits per heavy atom. The zero-order valence-electron chi connectivity index (χ0n) is 15.3. The quantitative estimate of drug-likeness (QED) is 0.814. The largest absolute Gasteiger partial charge is 0.467 e. The molecule has 8 heteroatoms. The molecule has 144 valence electrons. The van der Waals surface area contributed by atoms with E-state index in [0.29, 0.717) is 18.7 Å². The Morgan fingerprint density at radius 2 is 2.07 bits per heavy atom. The van der Waals surface area contributed by atoms with Gasteiger partial charge in [0.15, 0.2) is 9.84 Å². The van der Waals surface area contributed by atoms with E-state index in [2.05, 4.69) is 5.32 Å². The Kier molecular flexibility index (Phi) is 5.36. The number of nitrogens with one attached hydrogen (secondary N) is 1. The van der Waals surface area contributed by atoms with Crippen LogP contribution in [0.15, 0.2) is 45.9 Å². The van der Waals surface area contributed by atoms with Crippen molar-refractivity contribution in [1.29, 1.82) is 0 Å². The maximum atomic E-state index is 12.8. The summed E-state index contributed by atoms with van der Waals surface area (Å²) in [5.41, 5.74) is 1.59. The lowest BCUT2D eigenvalue weighted by molar-refractivity contribution is -0.121. The van der Waals surface area contributed by atoms with E-state index in [1.807, 2.05) is 0 Å². The van der Waals surface area contributed by atoms with Gasteiger partial charge in [-0.2, -0.15) is 0 Å². The first kappa shape index (κ1) is 19.2. The van der Waals surface area contributed by atoms with Crippen molar-refractivity contribution < 1.29 is 22.4 Å². The topological polar surface area (TPSA) is 96.7 Å². The van der Waals surface area contributed by atoms with Crippen molar-refractivity contribution in [3.05, 3.63) is 47.9 Å². The second kappa shape index (κ2) is 7.56. The first-order chi connectivity index (χ1) is 12.8. The van der Waals surface area contributed by atoms with Crippen molar-refractivity contribution in [2.45, 2.75) is 43.4 Å². The first-order valence-corrected chi connectivity index (χ1v) is 10.3. The van der Waals surface area contributed by atoms with Crippen LogP contribution in [0.5, 0.6) is 0 Å². The average Bonchev–Trinajstić information content (AvgIpc) is 3.28. The molecule has 0 aliphatic carbocycles. The summed E-state index contributed by atoms with van der Waals surface area (Å²) in [4.78, 5) is 25.5. The van der Waals surface area contributed by atoms with E-state index >= 15 is 0 Å². The fourth-order valence-corrected chi connectivity index (χ4v) is 4.56. The number of hydrogen-bond donors (Lipinski definition) is 1. The Labute approximate surface area is 158 Å². The molecule has 0 bridgehead atoms. The average molecular weight is 390 g/mol. The van der Waals surface area contributed by atoms with E-state index in [-0.39, 0.29) is 29.7 Å². The van der Waals surface area contributed by atoms with Crippen LogP contribution in [-0.4, -0.2) is 32.0 Å². The van der Waals surface area contributed by atoms with Crippen LogP contribution in [0.3, 0.4) is 0 Å². The highest BCUT2D eigenvalue weighted by molar-refractivity contribution is 7.92. The second-order valence-electron chi connectivity index (χ2n) is 6.63. The van der Waals surface area contributed by atoms with E-state index in [0.717, 1.165) is 11.3 Å². The van der Waals surface area contributed by atoms with Gasteiger partial charge in [-0.05, 0) is 49.2 Å². The maximum absolute atomic E-state index is 12.8. The van der Waals surface area contributed by atoms with E-state index in [1.54, 1.807) is 29.2 Å². The minimum absolute atomic E-state index is 0.0639. The molecule has 7 nitrogen and oxygen atoms in total. The maximum Gasteiger partial charge on any atom is 0.223 e. The van der Waals surface area contributed by atoms with Crippen molar-refractivity contribution in [2.75, 3.05) is 11.4 Å².